The van der Waals surface area contributed by atoms with Gasteiger partial charge in [-0.1, -0.05) is 17.7 Å². The third-order valence-electron chi connectivity index (χ3n) is 4.87. The lowest BCUT2D eigenvalue weighted by atomic mass is 10.1. The Labute approximate surface area is 192 Å². The number of nitrogens with zero attached hydrogens (tertiary/aromatic N) is 1. The molecule has 0 saturated heterocycles. The first-order chi connectivity index (χ1) is 15.7. The maximum absolute atomic E-state index is 12.9. The van der Waals surface area contributed by atoms with Gasteiger partial charge in [0.05, 0.1) is 28.0 Å². The van der Waals surface area contributed by atoms with E-state index in [2.05, 4.69) is 20.9 Å². The zero-order valence-corrected chi connectivity index (χ0v) is 17.8. The number of benzene rings is 2. The Morgan fingerprint density at radius 2 is 1.67 bits per heavy atom. The Balaban J connectivity index is 1.45. The maximum Gasteiger partial charge on any atom is 0.416 e. The molecule has 4 rings (SSSR count). The van der Waals surface area contributed by atoms with Gasteiger partial charge in [0.2, 0.25) is 0 Å². The van der Waals surface area contributed by atoms with Crippen LogP contribution in [-0.4, -0.2) is 22.8 Å². The summed E-state index contributed by atoms with van der Waals surface area (Å²) in [6, 6.07) is 12.2. The number of rotatable bonds is 6. The fourth-order valence-electron chi connectivity index (χ4n) is 3.01. The van der Waals surface area contributed by atoms with E-state index >= 15 is 0 Å². The fourth-order valence-corrected chi connectivity index (χ4v) is 3.21. The van der Waals surface area contributed by atoms with E-state index in [4.69, 9.17) is 11.6 Å². The molecule has 3 N–H and O–H groups in total. The fraction of sp³-hybridized carbons (Fsp3) is 0.174. The third-order valence-corrected chi connectivity index (χ3v) is 5.20. The predicted molar refractivity (Wildman–Crippen MR) is 120 cm³/mol. The normalized spacial score (nSPS) is 13.3. The Morgan fingerprint density at radius 3 is 2.33 bits per heavy atom. The monoisotopic (exact) mass is 474 g/mol. The van der Waals surface area contributed by atoms with Crippen molar-refractivity contribution >= 4 is 40.6 Å². The molecule has 1 aromatic heterocycles. The van der Waals surface area contributed by atoms with Gasteiger partial charge in [0.1, 0.15) is 5.82 Å². The molecule has 10 heteroatoms. The van der Waals surface area contributed by atoms with Crippen molar-refractivity contribution in [1.29, 1.82) is 0 Å². The van der Waals surface area contributed by atoms with Gasteiger partial charge in [0, 0.05) is 17.3 Å². The Bertz CT molecular complexity index is 1200. The maximum atomic E-state index is 12.9. The summed E-state index contributed by atoms with van der Waals surface area (Å²) in [5.74, 6) is -0.564. The number of carbonyl (C=O) groups is 2. The van der Waals surface area contributed by atoms with Crippen LogP contribution in [0.3, 0.4) is 0 Å². The van der Waals surface area contributed by atoms with Crippen molar-refractivity contribution < 1.29 is 22.8 Å². The van der Waals surface area contributed by atoms with Crippen LogP contribution >= 0.6 is 11.6 Å². The molecule has 0 radical (unpaired) electrons. The first-order valence-corrected chi connectivity index (χ1v) is 10.4. The van der Waals surface area contributed by atoms with Crippen molar-refractivity contribution in [3.8, 4) is 0 Å². The number of anilines is 3. The van der Waals surface area contributed by atoms with Crippen LogP contribution in [0.25, 0.3) is 0 Å². The first-order valence-electron chi connectivity index (χ1n) is 10.0. The van der Waals surface area contributed by atoms with E-state index in [1.54, 1.807) is 12.1 Å². The van der Waals surface area contributed by atoms with Gasteiger partial charge in [0.25, 0.3) is 11.8 Å². The molecule has 2 aromatic carbocycles. The van der Waals surface area contributed by atoms with Crippen LogP contribution in [0.5, 0.6) is 0 Å². The highest BCUT2D eigenvalue weighted by atomic mass is 35.5. The number of aromatic nitrogens is 1. The molecule has 1 saturated carbocycles. The summed E-state index contributed by atoms with van der Waals surface area (Å²) in [6.45, 7) is 0. The highest BCUT2D eigenvalue weighted by Gasteiger charge is 2.31. The summed E-state index contributed by atoms with van der Waals surface area (Å²) in [5, 5.41) is 8.55. The van der Waals surface area contributed by atoms with Crippen molar-refractivity contribution in [2.45, 2.75) is 25.1 Å². The molecule has 0 aliphatic heterocycles. The molecular formula is C23H18ClF3N4O2. The summed E-state index contributed by atoms with van der Waals surface area (Å²) in [4.78, 5) is 29.4. The third kappa shape index (κ3) is 5.81. The number of halogens is 4. The quantitative estimate of drug-likeness (QED) is 0.419. The van der Waals surface area contributed by atoms with Gasteiger partial charge in [-0.05, 0) is 61.4 Å². The minimum Gasteiger partial charge on any atom is -0.367 e. The van der Waals surface area contributed by atoms with Crippen molar-refractivity contribution in [2.75, 3.05) is 16.0 Å². The Hall–Kier alpha value is -3.59. The van der Waals surface area contributed by atoms with Crippen molar-refractivity contribution in [3.63, 3.8) is 0 Å². The van der Waals surface area contributed by atoms with Gasteiger partial charge in [-0.25, -0.2) is 4.98 Å². The SMILES string of the molecule is O=C(Nc1ccc(Cl)c(C(=O)Nc2ccc(NC3CC3)nc2)c1)c1cccc(C(F)(F)F)c1. The van der Waals surface area contributed by atoms with Gasteiger partial charge in [-0.2, -0.15) is 13.2 Å². The van der Waals surface area contributed by atoms with E-state index in [1.165, 1.54) is 30.5 Å². The molecule has 170 valence electrons. The van der Waals surface area contributed by atoms with Gasteiger partial charge in [-0.3, -0.25) is 9.59 Å². The zero-order valence-electron chi connectivity index (χ0n) is 17.0. The lowest BCUT2D eigenvalue weighted by molar-refractivity contribution is -0.137. The number of pyridine rings is 1. The molecular weight excluding hydrogens is 457 g/mol. The summed E-state index contributed by atoms with van der Waals surface area (Å²) in [5.41, 5.74) is -0.362. The highest BCUT2D eigenvalue weighted by molar-refractivity contribution is 6.34. The van der Waals surface area contributed by atoms with E-state index in [9.17, 15) is 22.8 Å². The first kappa shape index (κ1) is 22.6. The van der Waals surface area contributed by atoms with Crippen molar-refractivity contribution in [3.05, 3.63) is 82.5 Å². The molecule has 1 aliphatic carbocycles. The van der Waals surface area contributed by atoms with E-state index < -0.39 is 23.6 Å². The van der Waals surface area contributed by atoms with Crippen molar-refractivity contribution in [2.24, 2.45) is 0 Å². The standard InChI is InChI=1S/C23H18ClF3N4O2/c24-19-8-6-16(30-21(32)13-2-1-3-14(10-13)23(25,26)27)11-18(19)22(33)31-17-7-9-20(28-12-17)29-15-4-5-15/h1-3,6-12,15H,4-5H2,(H,28,29)(H,30,32)(H,31,33). The molecule has 0 bridgehead atoms. The second-order valence-electron chi connectivity index (χ2n) is 7.53. The lowest BCUT2D eigenvalue weighted by Gasteiger charge is -2.11. The molecule has 0 atom stereocenters. The number of hydrogen-bond acceptors (Lipinski definition) is 4. The average Bonchev–Trinajstić information content (AvgIpc) is 3.60. The summed E-state index contributed by atoms with van der Waals surface area (Å²) in [6.07, 6.45) is -0.836. The topological polar surface area (TPSA) is 83.1 Å². The number of hydrogen-bond donors (Lipinski definition) is 3. The Kier molecular flexibility index (Phi) is 6.24. The summed E-state index contributed by atoms with van der Waals surface area (Å²) >= 11 is 6.15. The summed E-state index contributed by atoms with van der Waals surface area (Å²) < 4.78 is 38.7. The number of nitrogens with one attached hydrogen (secondary N) is 3. The second kappa shape index (κ2) is 9.11. The summed E-state index contributed by atoms with van der Waals surface area (Å²) in [7, 11) is 0. The average molecular weight is 475 g/mol. The minimum atomic E-state index is -4.57. The van der Waals surface area contributed by atoms with Crippen LogP contribution in [0.4, 0.5) is 30.4 Å². The zero-order chi connectivity index (χ0) is 23.6. The van der Waals surface area contributed by atoms with Crippen LogP contribution in [0, 0.1) is 0 Å². The molecule has 0 unspecified atom stereocenters. The van der Waals surface area contributed by atoms with Gasteiger partial charge < -0.3 is 16.0 Å². The molecule has 1 heterocycles. The van der Waals surface area contributed by atoms with Crippen LogP contribution in [-0.2, 0) is 6.18 Å². The van der Waals surface area contributed by atoms with E-state index in [1.807, 2.05) is 0 Å². The van der Waals surface area contributed by atoms with Crippen molar-refractivity contribution in [1.82, 2.24) is 4.98 Å². The Morgan fingerprint density at radius 1 is 0.939 bits per heavy atom. The molecule has 3 aromatic rings. The highest BCUT2D eigenvalue weighted by Crippen LogP contribution is 2.30. The lowest BCUT2D eigenvalue weighted by Crippen LogP contribution is -2.16. The second-order valence-corrected chi connectivity index (χ2v) is 7.94. The van der Waals surface area contributed by atoms with Gasteiger partial charge in [0.15, 0.2) is 0 Å². The van der Waals surface area contributed by atoms with Gasteiger partial charge in [-0.15, -0.1) is 0 Å². The van der Waals surface area contributed by atoms with Crippen LogP contribution in [0.15, 0.2) is 60.8 Å². The van der Waals surface area contributed by atoms with E-state index in [0.29, 0.717) is 17.5 Å². The van der Waals surface area contributed by atoms with E-state index in [0.717, 1.165) is 31.0 Å². The van der Waals surface area contributed by atoms with E-state index in [-0.39, 0.29) is 21.8 Å². The molecule has 33 heavy (non-hydrogen) atoms. The van der Waals surface area contributed by atoms with Gasteiger partial charge >= 0.3 is 6.18 Å². The molecule has 0 spiro atoms. The minimum absolute atomic E-state index is 0.0821. The molecule has 1 aliphatic rings. The predicted octanol–water partition coefficient (Wildman–Crippen LogP) is 5.83. The number of amides is 2. The molecule has 1 fully saturated rings. The number of carbonyl (C=O) groups excluding carboxylic acids is 2. The van der Waals surface area contributed by atoms with Crippen LogP contribution in [0.2, 0.25) is 5.02 Å². The molecule has 6 nitrogen and oxygen atoms in total. The van der Waals surface area contributed by atoms with Crippen LogP contribution < -0.4 is 16.0 Å². The number of alkyl halides is 3. The van der Waals surface area contributed by atoms with Crippen LogP contribution in [0.1, 0.15) is 39.1 Å². The molecule has 2 amide bonds. The smallest absolute Gasteiger partial charge is 0.367 e. The largest absolute Gasteiger partial charge is 0.416 e.